The molecule has 0 radical (unpaired) electrons. The van der Waals surface area contributed by atoms with Crippen LogP contribution in [0.4, 0.5) is 5.69 Å². The second-order valence-corrected chi connectivity index (χ2v) is 4.43. The average molecular weight is 262 g/mol. The lowest BCUT2D eigenvalue weighted by atomic mass is 10.1. The number of rotatable bonds is 4. The predicted molar refractivity (Wildman–Crippen MR) is 68.5 cm³/mol. The summed E-state index contributed by atoms with van der Waals surface area (Å²) in [7, 11) is 0. The van der Waals surface area contributed by atoms with Crippen molar-refractivity contribution in [1.82, 2.24) is 10.1 Å². The smallest absolute Gasteiger partial charge is 0.285 e. The molecule has 1 aromatic heterocycles. The van der Waals surface area contributed by atoms with Gasteiger partial charge in [0.25, 0.3) is 11.6 Å². The summed E-state index contributed by atoms with van der Waals surface area (Å²) in [6, 6.07) is 4.88. The lowest BCUT2D eigenvalue weighted by Gasteiger charge is -2.00. The molecule has 0 saturated heterocycles. The Bertz CT molecular complexity index is 607. The Labute approximate surface area is 109 Å². The third-order valence-corrected chi connectivity index (χ3v) is 2.62. The quantitative estimate of drug-likeness (QED) is 0.665. The summed E-state index contributed by atoms with van der Waals surface area (Å²) in [5.74, 6) is 0.590. The van der Waals surface area contributed by atoms with Crippen LogP contribution in [0.2, 0.25) is 0 Å². The van der Waals surface area contributed by atoms with E-state index in [2.05, 4.69) is 10.1 Å². The van der Waals surface area contributed by atoms with Gasteiger partial charge in [0, 0.05) is 18.0 Å². The van der Waals surface area contributed by atoms with Crippen molar-refractivity contribution in [2.45, 2.75) is 26.3 Å². The van der Waals surface area contributed by atoms with Crippen molar-refractivity contribution in [2.75, 3.05) is 0 Å². The number of para-hydroxylation sites is 1. The summed E-state index contributed by atoms with van der Waals surface area (Å²) in [6.45, 7) is 3.49. The van der Waals surface area contributed by atoms with E-state index in [1.54, 1.807) is 25.1 Å². The molecule has 0 aliphatic rings. The van der Waals surface area contributed by atoms with Crippen LogP contribution in [0.5, 0.6) is 0 Å². The van der Waals surface area contributed by atoms with Gasteiger partial charge in [0.1, 0.15) is 5.56 Å². The second kappa shape index (κ2) is 5.15. The maximum Gasteiger partial charge on any atom is 0.285 e. The first kappa shape index (κ1) is 13.2. The highest BCUT2D eigenvalue weighted by Crippen LogP contribution is 2.31. The van der Waals surface area contributed by atoms with E-state index in [9.17, 15) is 10.1 Å². The van der Waals surface area contributed by atoms with Gasteiger partial charge < -0.3 is 10.3 Å². The Hall–Kier alpha value is -2.28. The van der Waals surface area contributed by atoms with Gasteiger partial charge in [0.2, 0.25) is 0 Å². The molecular formula is C12H14N4O3. The molecule has 7 heteroatoms. The maximum atomic E-state index is 11.1. The zero-order chi connectivity index (χ0) is 14.0. The van der Waals surface area contributed by atoms with E-state index < -0.39 is 4.92 Å². The molecule has 100 valence electrons. The Kier molecular flexibility index (Phi) is 3.57. The summed E-state index contributed by atoms with van der Waals surface area (Å²) in [5, 5.41) is 14.9. The van der Waals surface area contributed by atoms with Crippen LogP contribution in [0, 0.1) is 17.0 Å². The third-order valence-electron chi connectivity index (χ3n) is 2.62. The molecule has 0 aliphatic carbocycles. The van der Waals surface area contributed by atoms with Gasteiger partial charge >= 0.3 is 0 Å². The summed E-state index contributed by atoms with van der Waals surface area (Å²) in [4.78, 5) is 14.8. The van der Waals surface area contributed by atoms with Crippen molar-refractivity contribution in [1.29, 1.82) is 0 Å². The van der Waals surface area contributed by atoms with Gasteiger partial charge in [-0.2, -0.15) is 4.98 Å². The molecule has 2 aromatic rings. The number of nitro benzene ring substituents is 1. The van der Waals surface area contributed by atoms with Crippen molar-refractivity contribution in [2.24, 2.45) is 5.73 Å². The van der Waals surface area contributed by atoms with Crippen molar-refractivity contribution in [3.05, 3.63) is 39.7 Å². The average Bonchev–Trinajstić information content (AvgIpc) is 2.75. The van der Waals surface area contributed by atoms with E-state index in [-0.39, 0.29) is 17.6 Å². The van der Waals surface area contributed by atoms with E-state index in [4.69, 9.17) is 10.3 Å². The van der Waals surface area contributed by atoms with Crippen LogP contribution in [0.25, 0.3) is 11.5 Å². The van der Waals surface area contributed by atoms with Crippen LogP contribution in [0.15, 0.2) is 22.7 Å². The number of hydrogen-bond acceptors (Lipinski definition) is 6. The summed E-state index contributed by atoms with van der Waals surface area (Å²) in [5.41, 5.74) is 6.51. The molecule has 2 rings (SSSR count). The van der Waals surface area contributed by atoms with Gasteiger partial charge in [-0.3, -0.25) is 10.1 Å². The van der Waals surface area contributed by atoms with Gasteiger partial charge in [0.05, 0.1) is 4.92 Å². The summed E-state index contributed by atoms with van der Waals surface area (Å²) >= 11 is 0. The Balaban J connectivity index is 2.44. The molecule has 19 heavy (non-hydrogen) atoms. The maximum absolute atomic E-state index is 11.1. The minimum atomic E-state index is -0.444. The topological polar surface area (TPSA) is 108 Å². The van der Waals surface area contributed by atoms with Crippen molar-refractivity contribution >= 4 is 5.69 Å². The van der Waals surface area contributed by atoms with Crippen LogP contribution < -0.4 is 5.73 Å². The van der Waals surface area contributed by atoms with Gasteiger partial charge in [-0.1, -0.05) is 17.3 Å². The Morgan fingerprint density at radius 1 is 1.53 bits per heavy atom. The molecular weight excluding hydrogens is 248 g/mol. The summed E-state index contributed by atoms with van der Waals surface area (Å²) in [6.07, 6.45) is 0.461. The number of aromatic nitrogens is 2. The first-order valence-corrected chi connectivity index (χ1v) is 5.81. The highest BCUT2D eigenvalue weighted by Gasteiger charge is 2.22. The van der Waals surface area contributed by atoms with Crippen LogP contribution in [-0.4, -0.2) is 21.1 Å². The molecule has 1 aromatic carbocycles. The highest BCUT2D eigenvalue weighted by atomic mass is 16.6. The number of nitrogens with two attached hydrogens (primary N) is 1. The fraction of sp³-hybridized carbons (Fsp3) is 0.333. The molecule has 1 unspecified atom stereocenters. The van der Waals surface area contributed by atoms with Gasteiger partial charge in [-0.25, -0.2) is 0 Å². The van der Waals surface area contributed by atoms with E-state index in [1.807, 2.05) is 6.92 Å². The Morgan fingerprint density at radius 3 is 2.89 bits per heavy atom. The molecule has 0 saturated carbocycles. The fourth-order valence-electron chi connectivity index (χ4n) is 1.81. The van der Waals surface area contributed by atoms with Crippen LogP contribution >= 0.6 is 0 Å². The monoisotopic (exact) mass is 262 g/mol. The highest BCUT2D eigenvalue weighted by molar-refractivity contribution is 5.69. The number of hydrogen-bond donors (Lipinski definition) is 1. The second-order valence-electron chi connectivity index (χ2n) is 4.43. The minimum absolute atomic E-state index is 0.0153. The molecule has 7 nitrogen and oxygen atoms in total. The van der Waals surface area contributed by atoms with E-state index in [0.717, 1.165) is 0 Å². The van der Waals surface area contributed by atoms with E-state index in [0.29, 0.717) is 23.4 Å². The molecule has 0 fully saturated rings. The summed E-state index contributed by atoms with van der Waals surface area (Å²) < 4.78 is 5.08. The number of nitro groups is 1. The standard InChI is InChI=1S/C12H14N4O3/c1-7-4-3-5-9(11(7)16(17)18)12-14-10(15-19-12)6-8(2)13/h3-5,8H,6,13H2,1-2H3. The molecule has 0 aliphatic heterocycles. The number of nitrogens with zero attached hydrogens (tertiary/aromatic N) is 3. The van der Waals surface area contributed by atoms with Crippen LogP contribution in [-0.2, 0) is 6.42 Å². The van der Waals surface area contributed by atoms with E-state index in [1.165, 1.54) is 0 Å². The van der Waals surface area contributed by atoms with Gasteiger partial charge in [-0.15, -0.1) is 0 Å². The lowest BCUT2D eigenvalue weighted by Crippen LogP contribution is -2.18. The first-order valence-electron chi connectivity index (χ1n) is 5.81. The first-order chi connectivity index (χ1) is 8.99. The van der Waals surface area contributed by atoms with Crippen LogP contribution in [0.3, 0.4) is 0 Å². The van der Waals surface area contributed by atoms with E-state index >= 15 is 0 Å². The number of benzene rings is 1. The molecule has 2 N–H and O–H groups in total. The molecule has 0 amide bonds. The fourth-order valence-corrected chi connectivity index (χ4v) is 1.81. The zero-order valence-electron chi connectivity index (χ0n) is 10.7. The van der Waals surface area contributed by atoms with Crippen molar-refractivity contribution in [3.8, 4) is 11.5 Å². The molecule has 0 bridgehead atoms. The van der Waals surface area contributed by atoms with Gasteiger partial charge in [0.15, 0.2) is 5.82 Å². The van der Waals surface area contributed by atoms with Crippen LogP contribution in [0.1, 0.15) is 18.3 Å². The normalized spacial score (nSPS) is 12.4. The minimum Gasteiger partial charge on any atom is -0.334 e. The van der Waals surface area contributed by atoms with Crippen molar-refractivity contribution < 1.29 is 9.45 Å². The third kappa shape index (κ3) is 2.76. The van der Waals surface area contributed by atoms with Gasteiger partial charge in [-0.05, 0) is 19.9 Å². The lowest BCUT2D eigenvalue weighted by molar-refractivity contribution is -0.384. The molecule has 1 heterocycles. The molecule has 1 atom stereocenters. The SMILES string of the molecule is Cc1cccc(-c2nc(CC(C)N)no2)c1[N+](=O)[O-]. The molecule has 0 spiro atoms. The largest absolute Gasteiger partial charge is 0.334 e. The van der Waals surface area contributed by atoms with Crippen molar-refractivity contribution in [3.63, 3.8) is 0 Å². The predicted octanol–water partition coefficient (Wildman–Crippen LogP) is 1.84. The number of aryl methyl sites for hydroxylation is 1. The zero-order valence-corrected chi connectivity index (χ0v) is 10.7. The Morgan fingerprint density at radius 2 is 2.26 bits per heavy atom.